The summed E-state index contributed by atoms with van der Waals surface area (Å²) in [5.41, 5.74) is 3.37. The first kappa shape index (κ1) is 11.5. The Bertz CT molecular complexity index is 506. The summed E-state index contributed by atoms with van der Waals surface area (Å²) < 4.78 is 5.25. The molecule has 0 heterocycles. The van der Waals surface area contributed by atoms with E-state index in [9.17, 15) is 0 Å². The number of benzene rings is 2. The molecule has 0 bridgehead atoms. The highest BCUT2D eigenvalue weighted by molar-refractivity contribution is 5.78. The van der Waals surface area contributed by atoms with Gasteiger partial charge in [-0.3, -0.25) is 0 Å². The second kappa shape index (κ2) is 4.91. The van der Waals surface area contributed by atoms with E-state index in [1.807, 2.05) is 44.4 Å². The van der Waals surface area contributed by atoms with Crippen LogP contribution in [0.15, 0.2) is 42.5 Å². The highest BCUT2D eigenvalue weighted by Gasteiger charge is 2.06. The van der Waals surface area contributed by atoms with Gasteiger partial charge >= 0.3 is 0 Å². The van der Waals surface area contributed by atoms with E-state index >= 15 is 0 Å². The van der Waals surface area contributed by atoms with Crippen LogP contribution in [-0.4, -0.2) is 21.2 Å². The Hall–Kier alpha value is -1.96. The molecule has 2 rings (SSSR count). The summed E-state index contributed by atoms with van der Waals surface area (Å²) in [6.45, 7) is 0. The fourth-order valence-corrected chi connectivity index (χ4v) is 1.81. The van der Waals surface area contributed by atoms with E-state index in [4.69, 9.17) is 4.74 Å². The minimum atomic E-state index is 0.865. The van der Waals surface area contributed by atoms with Gasteiger partial charge in [-0.2, -0.15) is 0 Å². The van der Waals surface area contributed by atoms with Crippen molar-refractivity contribution >= 4 is 5.69 Å². The van der Waals surface area contributed by atoms with Crippen molar-refractivity contribution in [2.75, 3.05) is 26.1 Å². The van der Waals surface area contributed by atoms with Crippen molar-refractivity contribution in [3.63, 3.8) is 0 Å². The van der Waals surface area contributed by atoms with Gasteiger partial charge in [0, 0.05) is 25.3 Å². The van der Waals surface area contributed by atoms with Crippen LogP contribution in [0, 0.1) is 6.07 Å². The van der Waals surface area contributed by atoms with Crippen molar-refractivity contribution in [1.29, 1.82) is 0 Å². The molecular formula is C15H16NO. The van der Waals surface area contributed by atoms with Crippen LogP contribution in [0.1, 0.15) is 0 Å². The zero-order valence-electron chi connectivity index (χ0n) is 10.4. The Kier molecular flexibility index (Phi) is 3.33. The molecule has 0 amide bonds. The van der Waals surface area contributed by atoms with Crippen LogP contribution in [-0.2, 0) is 0 Å². The van der Waals surface area contributed by atoms with Crippen LogP contribution >= 0.6 is 0 Å². The molecular weight excluding hydrogens is 210 g/mol. The molecule has 0 N–H and O–H groups in total. The molecule has 0 spiro atoms. The van der Waals surface area contributed by atoms with Crippen LogP contribution in [0.2, 0.25) is 0 Å². The van der Waals surface area contributed by atoms with E-state index in [0.29, 0.717) is 0 Å². The average Bonchev–Trinajstić information content (AvgIpc) is 2.39. The van der Waals surface area contributed by atoms with Crippen molar-refractivity contribution in [1.82, 2.24) is 0 Å². The molecule has 0 aliphatic heterocycles. The smallest absolute Gasteiger partial charge is 0.119 e. The third-order valence-corrected chi connectivity index (χ3v) is 2.67. The Morgan fingerprint density at radius 3 is 2.65 bits per heavy atom. The lowest BCUT2D eigenvalue weighted by Crippen LogP contribution is -2.09. The van der Waals surface area contributed by atoms with E-state index in [2.05, 4.69) is 23.1 Å². The molecule has 2 heteroatoms. The van der Waals surface area contributed by atoms with Gasteiger partial charge in [0.05, 0.1) is 7.11 Å². The highest BCUT2D eigenvalue weighted by Crippen LogP contribution is 2.30. The zero-order chi connectivity index (χ0) is 12.3. The molecule has 0 unspecified atom stereocenters. The normalized spacial score (nSPS) is 10.1. The van der Waals surface area contributed by atoms with Gasteiger partial charge in [0.1, 0.15) is 5.75 Å². The van der Waals surface area contributed by atoms with Gasteiger partial charge in [0.15, 0.2) is 0 Å². The van der Waals surface area contributed by atoms with E-state index in [0.717, 1.165) is 22.6 Å². The molecule has 87 valence electrons. The summed E-state index contributed by atoms with van der Waals surface area (Å²) in [4.78, 5) is 2.09. The van der Waals surface area contributed by atoms with Gasteiger partial charge in [-0.25, -0.2) is 0 Å². The van der Waals surface area contributed by atoms with E-state index in [1.54, 1.807) is 7.11 Å². The van der Waals surface area contributed by atoms with Crippen LogP contribution in [0.3, 0.4) is 0 Å². The Balaban J connectivity index is 2.52. The van der Waals surface area contributed by atoms with Gasteiger partial charge in [0.25, 0.3) is 0 Å². The van der Waals surface area contributed by atoms with Crippen molar-refractivity contribution in [3.05, 3.63) is 48.5 Å². The summed E-state index contributed by atoms with van der Waals surface area (Å²) in [6.07, 6.45) is 0. The Morgan fingerprint density at radius 2 is 1.94 bits per heavy atom. The monoisotopic (exact) mass is 226 g/mol. The first-order valence-corrected chi connectivity index (χ1v) is 5.55. The van der Waals surface area contributed by atoms with Crippen molar-refractivity contribution < 1.29 is 4.74 Å². The molecule has 0 aliphatic carbocycles. The van der Waals surface area contributed by atoms with Gasteiger partial charge < -0.3 is 9.64 Å². The molecule has 0 atom stereocenters. The van der Waals surface area contributed by atoms with E-state index < -0.39 is 0 Å². The Labute approximate surface area is 102 Å². The summed E-state index contributed by atoms with van der Waals surface area (Å²) in [7, 11) is 5.75. The molecule has 0 fully saturated rings. The number of nitrogens with zero attached hydrogens (tertiary/aromatic N) is 1. The van der Waals surface area contributed by atoms with Gasteiger partial charge in [-0.05, 0) is 29.8 Å². The van der Waals surface area contributed by atoms with Crippen LogP contribution in [0.5, 0.6) is 5.75 Å². The number of methoxy groups -OCH3 is 1. The summed E-state index contributed by atoms with van der Waals surface area (Å²) in [5.74, 6) is 0.865. The predicted octanol–water partition coefficient (Wildman–Crippen LogP) is 3.23. The number of ether oxygens (including phenoxy) is 1. The SMILES string of the molecule is COc1cccc(-c2[c]cccc2N(C)C)c1. The van der Waals surface area contributed by atoms with Crippen molar-refractivity contribution in [3.8, 4) is 16.9 Å². The minimum Gasteiger partial charge on any atom is -0.497 e. The maximum atomic E-state index is 5.25. The highest BCUT2D eigenvalue weighted by atomic mass is 16.5. The second-order valence-corrected chi connectivity index (χ2v) is 4.06. The first-order valence-electron chi connectivity index (χ1n) is 5.55. The van der Waals surface area contributed by atoms with Crippen molar-refractivity contribution in [2.24, 2.45) is 0 Å². The maximum absolute atomic E-state index is 5.25. The largest absolute Gasteiger partial charge is 0.497 e. The lowest BCUT2D eigenvalue weighted by Gasteiger charge is -2.17. The minimum absolute atomic E-state index is 0.865. The van der Waals surface area contributed by atoms with Crippen LogP contribution in [0.4, 0.5) is 5.69 Å². The maximum Gasteiger partial charge on any atom is 0.119 e. The summed E-state index contributed by atoms with van der Waals surface area (Å²) in [6, 6.07) is 17.3. The predicted molar refractivity (Wildman–Crippen MR) is 71.6 cm³/mol. The number of rotatable bonds is 3. The van der Waals surface area contributed by atoms with Crippen LogP contribution < -0.4 is 9.64 Å². The van der Waals surface area contributed by atoms with Gasteiger partial charge in [0.2, 0.25) is 0 Å². The molecule has 2 nitrogen and oxygen atoms in total. The quantitative estimate of drug-likeness (QED) is 0.796. The molecule has 0 aromatic heterocycles. The molecule has 0 aliphatic rings. The first-order chi connectivity index (χ1) is 8.22. The summed E-state index contributed by atoms with van der Waals surface area (Å²) >= 11 is 0. The fourth-order valence-electron chi connectivity index (χ4n) is 1.81. The fraction of sp³-hybridized carbons (Fsp3) is 0.200. The molecule has 1 radical (unpaired) electrons. The van der Waals surface area contributed by atoms with E-state index in [1.165, 1.54) is 0 Å². The third kappa shape index (κ3) is 2.41. The molecule has 0 saturated carbocycles. The van der Waals surface area contributed by atoms with E-state index in [-0.39, 0.29) is 0 Å². The van der Waals surface area contributed by atoms with Crippen LogP contribution in [0.25, 0.3) is 11.1 Å². The second-order valence-electron chi connectivity index (χ2n) is 4.06. The standard InChI is InChI=1S/C15H16NO/c1-16(2)15-10-5-4-9-14(15)12-7-6-8-13(11-12)17-3/h4-8,10-11H,1-3H3. The lowest BCUT2D eigenvalue weighted by molar-refractivity contribution is 0.415. The number of hydrogen-bond donors (Lipinski definition) is 0. The molecule has 17 heavy (non-hydrogen) atoms. The van der Waals surface area contributed by atoms with Gasteiger partial charge in [-0.15, -0.1) is 0 Å². The molecule has 2 aromatic carbocycles. The number of anilines is 1. The lowest BCUT2D eigenvalue weighted by atomic mass is 10.0. The molecule has 0 saturated heterocycles. The average molecular weight is 226 g/mol. The topological polar surface area (TPSA) is 12.5 Å². The molecule has 2 aromatic rings. The third-order valence-electron chi connectivity index (χ3n) is 2.67. The number of hydrogen-bond acceptors (Lipinski definition) is 2. The van der Waals surface area contributed by atoms with Crippen molar-refractivity contribution in [2.45, 2.75) is 0 Å². The van der Waals surface area contributed by atoms with Gasteiger partial charge in [-0.1, -0.05) is 24.3 Å². The Morgan fingerprint density at radius 1 is 1.12 bits per heavy atom. The summed E-state index contributed by atoms with van der Waals surface area (Å²) in [5, 5.41) is 0. The zero-order valence-corrected chi connectivity index (χ0v) is 10.4.